The van der Waals surface area contributed by atoms with Crippen LogP contribution >= 0.6 is 11.3 Å². The van der Waals surface area contributed by atoms with E-state index in [9.17, 15) is 0 Å². The van der Waals surface area contributed by atoms with Crippen LogP contribution in [0.2, 0.25) is 0 Å². The second-order valence-electron chi connectivity index (χ2n) is 3.96. The van der Waals surface area contributed by atoms with Crippen LogP contribution in [0.4, 0.5) is 0 Å². The zero-order valence-electron chi connectivity index (χ0n) is 9.95. The van der Waals surface area contributed by atoms with Gasteiger partial charge < -0.3 is 5.32 Å². The lowest BCUT2D eigenvalue weighted by molar-refractivity contribution is 0.819. The Morgan fingerprint density at radius 3 is 2.76 bits per heavy atom. The Balaban J connectivity index is 2.52. The fourth-order valence-electron chi connectivity index (χ4n) is 1.84. The summed E-state index contributed by atoms with van der Waals surface area (Å²) in [6.45, 7) is 2.91. The molecule has 1 heterocycles. The van der Waals surface area contributed by atoms with Crippen LogP contribution in [0.15, 0.2) is 29.6 Å². The molecule has 0 amide bonds. The van der Waals surface area contributed by atoms with Gasteiger partial charge in [-0.05, 0) is 54.2 Å². The van der Waals surface area contributed by atoms with Gasteiger partial charge in [0.05, 0.1) is 11.6 Å². The Kier molecular flexibility index (Phi) is 3.58. The first-order valence-corrected chi connectivity index (χ1v) is 6.35. The number of thiophene rings is 1. The Bertz CT molecular complexity index is 564. The largest absolute Gasteiger partial charge is 0.316 e. The molecule has 0 saturated carbocycles. The molecule has 1 aromatic carbocycles. The van der Waals surface area contributed by atoms with Gasteiger partial charge in [-0.15, -0.1) is 11.3 Å². The topological polar surface area (TPSA) is 35.8 Å². The van der Waals surface area contributed by atoms with Gasteiger partial charge in [-0.1, -0.05) is 6.07 Å². The Hall–Kier alpha value is -1.63. The van der Waals surface area contributed by atoms with E-state index < -0.39 is 0 Å². The predicted octanol–water partition coefficient (Wildman–Crippen LogP) is 3.31. The van der Waals surface area contributed by atoms with E-state index in [1.807, 2.05) is 25.2 Å². The molecule has 1 aromatic heterocycles. The minimum Gasteiger partial charge on any atom is -0.316 e. The molecule has 2 aromatic rings. The maximum absolute atomic E-state index is 8.97. The fourth-order valence-corrected chi connectivity index (χ4v) is 2.55. The van der Waals surface area contributed by atoms with Crippen molar-refractivity contribution < 1.29 is 0 Å². The summed E-state index contributed by atoms with van der Waals surface area (Å²) < 4.78 is 0. The molecule has 0 aliphatic carbocycles. The summed E-state index contributed by atoms with van der Waals surface area (Å²) in [5.74, 6) is 0. The molecule has 0 saturated heterocycles. The smallest absolute Gasteiger partial charge is 0.0991 e. The van der Waals surface area contributed by atoms with Crippen molar-refractivity contribution >= 4 is 11.3 Å². The number of nitrogens with zero attached hydrogens (tertiary/aromatic N) is 1. The standard InChI is InChI=1S/C14H14N2S/c1-10-5-13(9-17-10)14-6-11(7-15)3-4-12(14)8-16-2/h3-6,9,16H,8H2,1-2H3. The normalized spacial score (nSPS) is 10.2. The predicted molar refractivity (Wildman–Crippen MR) is 72.0 cm³/mol. The third-order valence-corrected chi connectivity index (χ3v) is 3.51. The Labute approximate surface area is 106 Å². The Morgan fingerprint density at radius 2 is 2.18 bits per heavy atom. The maximum atomic E-state index is 8.97. The summed E-state index contributed by atoms with van der Waals surface area (Å²) in [6.07, 6.45) is 0. The minimum absolute atomic E-state index is 0.712. The van der Waals surface area contributed by atoms with Crippen molar-refractivity contribution in [3.8, 4) is 17.2 Å². The first kappa shape index (κ1) is 11.8. The van der Waals surface area contributed by atoms with Crippen molar-refractivity contribution in [1.29, 1.82) is 5.26 Å². The van der Waals surface area contributed by atoms with Gasteiger partial charge in [0.2, 0.25) is 0 Å². The number of nitriles is 1. The molecular weight excluding hydrogens is 228 g/mol. The second kappa shape index (κ2) is 5.13. The molecule has 2 nitrogen and oxygen atoms in total. The summed E-state index contributed by atoms with van der Waals surface area (Å²) >= 11 is 1.74. The van der Waals surface area contributed by atoms with Crippen molar-refractivity contribution in [2.45, 2.75) is 13.5 Å². The molecule has 0 aliphatic rings. The van der Waals surface area contributed by atoms with Crippen molar-refractivity contribution in [3.05, 3.63) is 45.6 Å². The summed E-state index contributed by atoms with van der Waals surface area (Å²) in [6, 6.07) is 10.2. The van der Waals surface area contributed by atoms with Gasteiger partial charge in [-0.3, -0.25) is 0 Å². The number of nitrogens with one attached hydrogen (secondary N) is 1. The van der Waals surface area contributed by atoms with Crippen LogP contribution in [0.25, 0.3) is 11.1 Å². The van der Waals surface area contributed by atoms with E-state index in [0.29, 0.717) is 5.56 Å². The van der Waals surface area contributed by atoms with Crippen LogP contribution in [0.5, 0.6) is 0 Å². The van der Waals surface area contributed by atoms with Crippen LogP contribution in [-0.4, -0.2) is 7.05 Å². The molecule has 0 bridgehead atoms. The fraction of sp³-hybridized carbons (Fsp3) is 0.214. The lowest BCUT2D eigenvalue weighted by atomic mass is 9.99. The van der Waals surface area contributed by atoms with Crippen molar-refractivity contribution in [2.75, 3.05) is 7.05 Å². The van der Waals surface area contributed by atoms with Crippen LogP contribution in [-0.2, 0) is 6.54 Å². The quantitative estimate of drug-likeness (QED) is 0.896. The number of benzene rings is 1. The number of hydrogen-bond donors (Lipinski definition) is 1. The number of hydrogen-bond acceptors (Lipinski definition) is 3. The van der Waals surface area contributed by atoms with Crippen LogP contribution in [0.3, 0.4) is 0 Å². The molecule has 0 radical (unpaired) electrons. The highest BCUT2D eigenvalue weighted by Crippen LogP contribution is 2.29. The number of aryl methyl sites for hydroxylation is 1. The molecule has 0 spiro atoms. The number of rotatable bonds is 3. The summed E-state index contributed by atoms with van der Waals surface area (Å²) in [5, 5.41) is 14.3. The summed E-state index contributed by atoms with van der Waals surface area (Å²) in [5.41, 5.74) is 4.30. The van der Waals surface area contributed by atoms with Gasteiger partial charge in [0.15, 0.2) is 0 Å². The van der Waals surface area contributed by atoms with Crippen molar-refractivity contribution in [1.82, 2.24) is 5.32 Å². The minimum atomic E-state index is 0.712. The van der Waals surface area contributed by atoms with Gasteiger partial charge in [0.1, 0.15) is 0 Å². The van der Waals surface area contributed by atoms with Gasteiger partial charge in [0, 0.05) is 11.4 Å². The van der Waals surface area contributed by atoms with E-state index in [1.54, 1.807) is 11.3 Å². The lowest BCUT2D eigenvalue weighted by Crippen LogP contribution is -2.06. The molecule has 17 heavy (non-hydrogen) atoms. The highest BCUT2D eigenvalue weighted by molar-refractivity contribution is 7.10. The van der Waals surface area contributed by atoms with Crippen LogP contribution < -0.4 is 5.32 Å². The van der Waals surface area contributed by atoms with Gasteiger partial charge >= 0.3 is 0 Å². The second-order valence-corrected chi connectivity index (χ2v) is 5.08. The molecule has 0 fully saturated rings. The van der Waals surface area contributed by atoms with E-state index in [1.165, 1.54) is 16.0 Å². The first-order valence-electron chi connectivity index (χ1n) is 5.47. The average Bonchev–Trinajstić information content (AvgIpc) is 2.77. The van der Waals surface area contributed by atoms with Gasteiger partial charge in [-0.25, -0.2) is 0 Å². The maximum Gasteiger partial charge on any atom is 0.0991 e. The Morgan fingerprint density at radius 1 is 1.35 bits per heavy atom. The molecule has 86 valence electrons. The third kappa shape index (κ3) is 2.55. The van der Waals surface area contributed by atoms with Crippen LogP contribution in [0.1, 0.15) is 16.0 Å². The molecule has 1 N–H and O–H groups in total. The van der Waals surface area contributed by atoms with Gasteiger partial charge in [-0.2, -0.15) is 5.26 Å². The molecule has 0 aliphatic heterocycles. The highest BCUT2D eigenvalue weighted by Gasteiger charge is 2.07. The van der Waals surface area contributed by atoms with Crippen LogP contribution in [0, 0.1) is 18.3 Å². The van der Waals surface area contributed by atoms with E-state index in [0.717, 1.165) is 12.1 Å². The van der Waals surface area contributed by atoms with E-state index in [4.69, 9.17) is 5.26 Å². The van der Waals surface area contributed by atoms with Crippen molar-refractivity contribution in [3.63, 3.8) is 0 Å². The molecule has 3 heteroatoms. The molecule has 0 atom stereocenters. The van der Waals surface area contributed by atoms with E-state index >= 15 is 0 Å². The highest BCUT2D eigenvalue weighted by atomic mass is 32.1. The van der Waals surface area contributed by atoms with Gasteiger partial charge in [0.25, 0.3) is 0 Å². The zero-order chi connectivity index (χ0) is 12.3. The molecular formula is C14H14N2S. The SMILES string of the molecule is CNCc1ccc(C#N)cc1-c1csc(C)c1. The van der Waals surface area contributed by atoms with E-state index in [2.05, 4.69) is 29.8 Å². The lowest BCUT2D eigenvalue weighted by Gasteiger charge is -2.08. The first-order chi connectivity index (χ1) is 8.24. The zero-order valence-corrected chi connectivity index (χ0v) is 10.8. The van der Waals surface area contributed by atoms with E-state index in [-0.39, 0.29) is 0 Å². The monoisotopic (exact) mass is 242 g/mol. The third-order valence-electron chi connectivity index (χ3n) is 2.65. The summed E-state index contributed by atoms with van der Waals surface area (Å²) in [4.78, 5) is 1.29. The molecule has 0 unspecified atom stereocenters. The average molecular weight is 242 g/mol. The van der Waals surface area contributed by atoms with Crippen molar-refractivity contribution in [2.24, 2.45) is 0 Å². The molecule has 2 rings (SSSR count). The summed E-state index contributed by atoms with van der Waals surface area (Å²) in [7, 11) is 1.93.